The number of amides is 1. The topological polar surface area (TPSA) is 64.4 Å². The Morgan fingerprint density at radius 1 is 1.11 bits per heavy atom. The standard InChI is InChI=1S/C20H18Cl2N2O3/c1-11-6-4-7-12(2)19(11)26-10-14-13(3)27-24-18(14)20(25)23-16-9-5-8-15(21)17(16)22/h4-9H,10H2,1-3H3,(H,23,25). The van der Waals surface area contributed by atoms with E-state index in [-0.39, 0.29) is 17.3 Å². The first-order valence-electron chi connectivity index (χ1n) is 8.28. The molecule has 1 N–H and O–H groups in total. The molecule has 0 unspecified atom stereocenters. The maximum absolute atomic E-state index is 12.7. The van der Waals surface area contributed by atoms with Crippen molar-refractivity contribution < 1.29 is 14.1 Å². The third-order valence-corrected chi connectivity index (χ3v) is 4.99. The maximum Gasteiger partial charge on any atom is 0.278 e. The molecule has 27 heavy (non-hydrogen) atoms. The molecule has 1 aromatic heterocycles. The maximum atomic E-state index is 12.7. The van der Waals surface area contributed by atoms with Gasteiger partial charge in [0.25, 0.3) is 5.91 Å². The summed E-state index contributed by atoms with van der Waals surface area (Å²) in [5.74, 6) is 0.849. The van der Waals surface area contributed by atoms with E-state index >= 15 is 0 Å². The quantitative estimate of drug-likeness (QED) is 0.588. The average Bonchev–Trinajstić information content (AvgIpc) is 2.99. The number of anilines is 1. The zero-order chi connectivity index (χ0) is 19.6. The summed E-state index contributed by atoms with van der Waals surface area (Å²) in [6.07, 6.45) is 0. The summed E-state index contributed by atoms with van der Waals surface area (Å²) in [5, 5.41) is 7.20. The van der Waals surface area contributed by atoms with Gasteiger partial charge in [-0.15, -0.1) is 0 Å². The van der Waals surface area contributed by atoms with Crippen LogP contribution >= 0.6 is 23.2 Å². The number of nitrogens with one attached hydrogen (secondary N) is 1. The minimum absolute atomic E-state index is 0.148. The minimum Gasteiger partial charge on any atom is -0.488 e. The molecule has 0 atom stereocenters. The summed E-state index contributed by atoms with van der Waals surface area (Å²) in [5.41, 5.74) is 3.15. The molecule has 2 aromatic carbocycles. The molecule has 0 aliphatic carbocycles. The van der Waals surface area contributed by atoms with Crippen molar-refractivity contribution in [2.24, 2.45) is 0 Å². The Kier molecular flexibility index (Phi) is 5.73. The molecule has 0 saturated carbocycles. The third kappa shape index (κ3) is 4.10. The van der Waals surface area contributed by atoms with E-state index < -0.39 is 5.91 Å². The van der Waals surface area contributed by atoms with E-state index in [1.807, 2.05) is 32.0 Å². The predicted octanol–water partition coefficient (Wildman–Crippen LogP) is 5.74. The van der Waals surface area contributed by atoms with Crippen molar-refractivity contribution in [2.75, 3.05) is 5.32 Å². The molecule has 0 saturated heterocycles. The summed E-state index contributed by atoms with van der Waals surface area (Å²) >= 11 is 12.1. The number of aromatic nitrogens is 1. The Hall–Kier alpha value is -2.50. The molecule has 0 fully saturated rings. The number of nitrogens with zero attached hydrogens (tertiary/aromatic N) is 1. The van der Waals surface area contributed by atoms with Crippen molar-refractivity contribution in [2.45, 2.75) is 27.4 Å². The average molecular weight is 405 g/mol. The second-order valence-electron chi connectivity index (χ2n) is 6.13. The Labute approximate surface area is 167 Å². The fourth-order valence-electron chi connectivity index (χ4n) is 2.69. The summed E-state index contributed by atoms with van der Waals surface area (Å²) in [7, 11) is 0. The molecule has 1 heterocycles. The second-order valence-corrected chi connectivity index (χ2v) is 6.92. The molecule has 3 aromatic rings. The molecule has 7 heteroatoms. The first-order valence-corrected chi connectivity index (χ1v) is 9.03. The molecule has 3 rings (SSSR count). The van der Waals surface area contributed by atoms with Crippen LogP contribution < -0.4 is 10.1 Å². The van der Waals surface area contributed by atoms with Gasteiger partial charge in [0, 0.05) is 0 Å². The second kappa shape index (κ2) is 8.03. The molecule has 0 aliphatic rings. The van der Waals surface area contributed by atoms with Crippen LogP contribution in [0.1, 0.15) is 32.9 Å². The largest absolute Gasteiger partial charge is 0.488 e. The Bertz CT molecular complexity index is 979. The summed E-state index contributed by atoms with van der Waals surface area (Å²) in [6.45, 7) is 5.84. The van der Waals surface area contributed by atoms with Crippen molar-refractivity contribution in [3.63, 3.8) is 0 Å². The van der Waals surface area contributed by atoms with Crippen molar-refractivity contribution in [3.05, 3.63) is 74.6 Å². The van der Waals surface area contributed by atoms with E-state index in [1.165, 1.54) is 0 Å². The first kappa shape index (κ1) is 19.3. The van der Waals surface area contributed by atoms with E-state index in [9.17, 15) is 4.79 Å². The van der Waals surface area contributed by atoms with Crippen molar-refractivity contribution in [3.8, 4) is 5.75 Å². The van der Waals surface area contributed by atoms with Crippen LogP contribution in [0, 0.1) is 20.8 Å². The number of ether oxygens (including phenoxy) is 1. The highest BCUT2D eigenvalue weighted by Gasteiger charge is 2.22. The molecule has 0 bridgehead atoms. The number of rotatable bonds is 5. The van der Waals surface area contributed by atoms with Crippen LogP contribution in [-0.4, -0.2) is 11.1 Å². The van der Waals surface area contributed by atoms with E-state index in [2.05, 4.69) is 10.5 Å². The summed E-state index contributed by atoms with van der Waals surface area (Å²) in [6, 6.07) is 10.9. The van der Waals surface area contributed by atoms with Gasteiger partial charge in [-0.2, -0.15) is 0 Å². The van der Waals surface area contributed by atoms with Gasteiger partial charge in [-0.05, 0) is 44.0 Å². The Morgan fingerprint density at radius 3 is 2.48 bits per heavy atom. The fourth-order valence-corrected chi connectivity index (χ4v) is 3.04. The lowest BCUT2D eigenvalue weighted by atomic mass is 10.1. The van der Waals surface area contributed by atoms with Gasteiger partial charge in [-0.3, -0.25) is 4.79 Å². The molecule has 5 nitrogen and oxygen atoms in total. The summed E-state index contributed by atoms with van der Waals surface area (Å²) in [4.78, 5) is 12.7. The highest BCUT2D eigenvalue weighted by atomic mass is 35.5. The lowest BCUT2D eigenvalue weighted by Gasteiger charge is -2.12. The number of carbonyl (C=O) groups excluding carboxylic acids is 1. The molecular weight excluding hydrogens is 387 g/mol. The van der Waals surface area contributed by atoms with Crippen molar-refractivity contribution in [1.82, 2.24) is 5.16 Å². The normalized spacial score (nSPS) is 10.7. The number of hydrogen-bond donors (Lipinski definition) is 1. The van der Waals surface area contributed by atoms with Crippen LogP contribution in [0.2, 0.25) is 10.0 Å². The molecule has 0 aliphatic heterocycles. The number of aryl methyl sites for hydroxylation is 3. The van der Waals surface area contributed by atoms with Gasteiger partial charge < -0.3 is 14.6 Å². The molecule has 1 amide bonds. The van der Waals surface area contributed by atoms with Crippen LogP contribution in [-0.2, 0) is 6.61 Å². The highest BCUT2D eigenvalue weighted by Crippen LogP contribution is 2.30. The summed E-state index contributed by atoms with van der Waals surface area (Å²) < 4.78 is 11.2. The molecule has 0 spiro atoms. The SMILES string of the molecule is Cc1cccc(C)c1OCc1c(C(=O)Nc2cccc(Cl)c2Cl)noc1C. The minimum atomic E-state index is -0.448. The highest BCUT2D eigenvalue weighted by molar-refractivity contribution is 6.44. The van der Waals surface area contributed by atoms with Gasteiger partial charge in [0.1, 0.15) is 18.1 Å². The monoisotopic (exact) mass is 404 g/mol. The van der Waals surface area contributed by atoms with Crippen LogP contribution in [0.3, 0.4) is 0 Å². The van der Waals surface area contributed by atoms with E-state index in [0.29, 0.717) is 22.0 Å². The van der Waals surface area contributed by atoms with Crippen LogP contribution in [0.15, 0.2) is 40.9 Å². The van der Waals surface area contributed by atoms with E-state index in [4.69, 9.17) is 32.5 Å². The van der Waals surface area contributed by atoms with Gasteiger partial charge in [0.2, 0.25) is 0 Å². The Balaban J connectivity index is 1.82. The fraction of sp³-hybridized carbons (Fsp3) is 0.200. The molecular formula is C20H18Cl2N2O3. The van der Waals surface area contributed by atoms with Gasteiger partial charge in [-0.25, -0.2) is 0 Å². The van der Waals surface area contributed by atoms with Crippen LogP contribution in [0.5, 0.6) is 5.75 Å². The predicted molar refractivity (Wildman–Crippen MR) is 106 cm³/mol. The number of para-hydroxylation sites is 1. The smallest absolute Gasteiger partial charge is 0.278 e. The number of carbonyl (C=O) groups is 1. The van der Waals surface area contributed by atoms with Crippen LogP contribution in [0.25, 0.3) is 0 Å². The lowest BCUT2D eigenvalue weighted by molar-refractivity contribution is 0.101. The van der Waals surface area contributed by atoms with E-state index in [1.54, 1.807) is 25.1 Å². The first-order chi connectivity index (χ1) is 12.9. The van der Waals surface area contributed by atoms with Gasteiger partial charge in [0.15, 0.2) is 5.69 Å². The van der Waals surface area contributed by atoms with Crippen LogP contribution in [0.4, 0.5) is 5.69 Å². The van der Waals surface area contributed by atoms with Gasteiger partial charge >= 0.3 is 0 Å². The van der Waals surface area contributed by atoms with Crippen molar-refractivity contribution >= 4 is 34.8 Å². The number of halogens is 2. The third-order valence-electron chi connectivity index (χ3n) is 4.17. The lowest BCUT2D eigenvalue weighted by Crippen LogP contribution is -2.16. The van der Waals surface area contributed by atoms with Gasteiger partial charge in [-0.1, -0.05) is 52.6 Å². The van der Waals surface area contributed by atoms with Crippen molar-refractivity contribution in [1.29, 1.82) is 0 Å². The molecule has 0 radical (unpaired) electrons. The van der Waals surface area contributed by atoms with Gasteiger partial charge in [0.05, 0.1) is 21.3 Å². The van der Waals surface area contributed by atoms with E-state index in [0.717, 1.165) is 16.9 Å². The number of hydrogen-bond acceptors (Lipinski definition) is 4. The zero-order valence-corrected chi connectivity index (χ0v) is 16.6. The Morgan fingerprint density at radius 2 is 1.78 bits per heavy atom. The molecule has 140 valence electrons. The number of benzene rings is 2. The zero-order valence-electron chi connectivity index (χ0n) is 15.1.